The molecule has 0 fully saturated rings. The predicted molar refractivity (Wildman–Crippen MR) is 87.2 cm³/mol. The van der Waals surface area contributed by atoms with Crippen LogP contribution >= 0.6 is 0 Å². The van der Waals surface area contributed by atoms with E-state index in [0.29, 0.717) is 46.0 Å². The highest BCUT2D eigenvalue weighted by Crippen LogP contribution is 1.79. The van der Waals surface area contributed by atoms with Gasteiger partial charge in [-0.05, 0) is 6.54 Å². The van der Waals surface area contributed by atoms with Gasteiger partial charge in [0.1, 0.15) is 0 Å². The third-order valence-electron chi connectivity index (χ3n) is 2.78. The highest BCUT2D eigenvalue weighted by Gasteiger charge is 1.95. The van der Waals surface area contributed by atoms with Crippen molar-refractivity contribution in [2.24, 2.45) is 0 Å². The van der Waals surface area contributed by atoms with Crippen molar-refractivity contribution in [2.75, 3.05) is 72.4 Å². The summed E-state index contributed by atoms with van der Waals surface area (Å²) < 4.78 is 16.2. The monoisotopic (exact) mass is 319 g/mol. The van der Waals surface area contributed by atoms with Crippen LogP contribution in [0.5, 0.6) is 0 Å². The van der Waals surface area contributed by atoms with Gasteiger partial charge >= 0.3 is 0 Å². The third-order valence-corrected chi connectivity index (χ3v) is 2.78. The van der Waals surface area contributed by atoms with Crippen molar-refractivity contribution in [3.05, 3.63) is 0 Å². The van der Waals surface area contributed by atoms with Gasteiger partial charge in [-0.15, -0.1) is 0 Å². The van der Waals surface area contributed by atoms with Crippen molar-refractivity contribution < 1.29 is 19.0 Å². The van der Waals surface area contributed by atoms with Crippen molar-refractivity contribution in [1.29, 1.82) is 0 Å². The van der Waals surface area contributed by atoms with Crippen LogP contribution in [0.25, 0.3) is 0 Å². The molecule has 0 aliphatic heterocycles. The lowest BCUT2D eigenvalue weighted by Gasteiger charge is -2.08. The van der Waals surface area contributed by atoms with E-state index in [1.54, 1.807) is 0 Å². The van der Waals surface area contributed by atoms with E-state index in [2.05, 4.69) is 22.9 Å². The Bertz CT molecular complexity index is 243. The summed E-state index contributed by atoms with van der Waals surface area (Å²) in [6, 6.07) is 0. The predicted octanol–water partition coefficient (Wildman–Crippen LogP) is -0.238. The van der Waals surface area contributed by atoms with Gasteiger partial charge < -0.3 is 30.2 Å². The number of nitrogens with one attached hydrogen (secondary N) is 3. The molecule has 0 aliphatic carbocycles. The first-order valence-electron chi connectivity index (χ1n) is 8.22. The zero-order valence-corrected chi connectivity index (χ0v) is 14.1. The first-order chi connectivity index (χ1) is 10.8. The fraction of sp³-hybridized carbons (Fsp3) is 0.933. The van der Waals surface area contributed by atoms with Crippen LogP contribution in [-0.4, -0.2) is 78.3 Å². The molecule has 0 aromatic heterocycles. The second-order valence-corrected chi connectivity index (χ2v) is 4.64. The number of rotatable bonds is 17. The number of hydrogen-bond donors (Lipinski definition) is 3. The third kappa shape index (κ3) is 17.3. The molecule has 7 nitrogen and oxygen atoms in total. The van der Waals surface area contributed by atoms with Gasteiger partial charge in [-0.25, -0.2) is 0 Å². The van der Waals surface area contributed by atoms with Crippen LogP contribution < -0.4 is 16.0 Å². The van der Waals surface area contributed by atoms with Crippen LogP contribution in [0.15, 0.2) is 0 Å². The van der Waals surface area contributed by atoms with E-state index in [4.69, 9.17) is 14.2 Å². The minimum Gasteiger partial charge on any atom is -0.378 e. The molecule has 0 aliphatic rings. The topological polar surface area (TPSA) is 80.8 Å². The maximum Gasteiger partial charge on any atom is 0.219 e. The van der Waals surface area contributed by atoms with Crippen LogP contribution in [0.3, 0.4) is 0 Å². The van der Waals surface area contributed by atoms with E-state index in [0.717, 1.165) is 32.8 Å². The molecular weight excluding hydrogens is 286 g/mol. The molecule has 132 valence electrons. The number of carbonyl (C=O) groups excluding carboxylic acids is 1. The van der Waals surface area contributed by atoms with E-state index in [9.17, 15) is 4.79 Å². The molecular formula is C15H33N3O4. The summed E-state index contributed by atoms with van der Waals surface area (Å²) in [4.78, 5) is 11.0. The van der Waals surface area contributed by atoms with Crippen molar-refractivity contribution in [3.8, 4) is 0 Å². The molecule has 22 heavy (non-hydrogen) atoms. The van der Waals surface area contributed by atoms with E-state index in [1.807, 2.05) is 6.92 Å². The maximum absolute atomic E-state index is 11.0. The largest absolute Gasteiger partial charge is 0.378 e. The number of hydrogen-bond acceptors (Lipinski definition) is 6. The molecule has 0 rings (SSSR count). The van der Waals surface area contributed by atoms with Crippen molar-refractivity contribution in [2.45, 2.75) is 20.3 Å². The van der Waals surface area contributed by atoms with Gasteiger partial charge in [0.15, 0.2) is 0 Å². The summed E-state index contributed by atoms with van der Waals surface area (Å²) in [5.74, 6) is 0.0597. The zero-order chi connectivity index (χ0) is 16.3. The fourth-order valence-corrected chi connectivity index (χ4v) is 1.55. The smallest absolute Gasteiger partial charge is 0.219 e. The quantitative estimate of drug-likeness (QED) is 0.321. The SMILES string of the molecule is CCNCCOCCOCCNCCOCCNC(=O)CC. The molecule has 0 aromatic rings. The Morgan fingerprint density at radius 1 is 0.727 bits per heavy atom. The highest BCUT2D eigenvalue weighted by atomic mass is 16.5. The Morgan fingerprint density at radius 3 is 1.77 bits per heavy atom. The molecule has 0 bridgehead atoms. The maximum atomic E-state index is 11.0. The average molecular weight is 319 g/mol. The summed E-state index contributed by atoms with van der Waals surface area (Å²) in [5.41, 5.74) is 0. The molecule has 0 radical (unpaired) electrons. The molecule has 3 N–H and O–H groups in total. The number of likely N-dealkylation sites (N-methyl/N-ethyl adjacent to an activating group) is 1. The molecule has 0 unspecified atom stereocenters. The van der Waals surface area contributed by atoms with E-state index in [1.165, 1.54) is 0 Å². The Balaban J connectivity index is 2.98. The summed E-state index contributed by atoms with van der Waals surface area (Å²) in [6.07, 6.45) is 0.516. The van der Waals surface area contributed by atoms with E-state index < -0.39 is 0 Å². The molecule has 0 saturated carbocycles. The molecule has 0 spiro atoms. The van der Waals surface area contributed by atoms with Gasteiger partial charge in [-0.2, -0.15) is 0 Å². The van der Waals surface area contributed by atoms with E-state index >= 15 is 0 Å². The Kier molecular flexibility index (Phi) is 17.7. The molecule has 0 heterocycles. The van der Waals surface area contributed by atoms with Crippen LogP contribution in [0.1, 0.15) is 20.3 Å². The number of amides is 1. The lowest BCUT2D eigenvalue weighted by Crippen LogP contribution is -2.28. The minimum atomic E-state index is 0.0597. The summed E-state index contributed by atoms with van der Waals surface area (Å²) >= 11 is 0. The molecule has 0 saturated heterocycles. The summed E-state index contributed by atoms with van der Waals surface area (Å²) in [7, 11) is 0. The van der Waals surface area contributed by atoms with Crippen LogP contribution in [0.2, 0.25) is 0 Å². The molecule has 0 atom stereocenters. The van der Waals surface area contributed by atoms with Gasteiger partial charge in [0.25, 0.3) is 0 Å². The second kappa shape index (κ2) is 18.3. The Morgan fingerprint density at radius 2 is 1.23 bits per heavy atom. The Labute approximate surface area is 134 Å². The minimum absolute atomic E-state index is 0.0597. The number of ether oxygens (including phenoxy) is 3. The number of carbonyl (C=O) groups is 1. The first-order valence-corrected chi connectivity index (χ1v) is 8.22. The normalized spacial score (nSPS) is 10.8. The fourth-order valence-electron chi connectivity index (χ4n) is 1.55. The molecule has 7 heteroatoms. The Hall–Kier alpha value is -0.730. The highest BCUT2D eigenvalue weighted by molar-refractivity contribution is 5.75. The van der Waals surface area contributed by atoms with E-state index in [-0.39, 0.29) is 5.91 Å². The zero-order valence-electron chi connectivity index (χ0n) is 14.1. The lowest BCUT2D eigenvalue weighted by atomic mass is 10.4. The first kappa shape index (κ1) is 21.3. The van der Waals surface area contributed by atoms with Crippen molar-refractivity contribution in [3.63, 3.8) is 0 Å². The van der Waals surface area contributed by atoms with Gasteiger partial charge in [0.2, 0.25) is 5.91 Å². The van der Waals surface area contributed by atoms with Crippen molar-refractivity contribution >= 4 is 5.91 Å². The summed E-state index contributed by atoms with van der Waals surface area (Å²) in [6.45, 7) is 11.8. The standard InChI is InChI=1S/C15H33N3O4/c1-3-15(19)18-8-12-20-10-6-17-7-11-22-14-13-21-9-5-16-4-2/h16-17H,3-14H2,1-2H3,(H,18,19). The van der Waals surface area contributed by atoms with Crippen LogP contribution in [-0.2, 0) is 19.0 Å². The van der Waals surface area contributed by atoms with Gasteiger partial charge in [-0.3, -0.25) is 4.79 Å². The van der Waals surface area contributed by atoms with Crippen LogP contribution in [0, 0.1) is 0 Å². The lowest BCUT2D eigenvalue weighted by molar-refractivity contribution is -0.121. The van der Waals surface area contributed by atoms with Gasteiger partial charge in [-0.1, -0.05) is 13.8 Å². The average Bonchev–Trinajstić information content (AvgIpc) is 2.54. The second-order valence-electron chi connectivity index (χ2n) is 4.64. The van der Waals surface area contributed by atoms with Crippen molar-refractivity contribution in [1.82, 2.24) is 16.0 Å². The molecule has 0 aromatic carbocycles. The van der Waals surface area contributed by atoms with Crippen LogP contribution in [0.4, 0.5) is 0 Å². The van der Waals surface area contributed by atoms with Gasteiger partial charge in [0.05, 0.1) is 39.6 Å². The van der Waals surface area contributed by atoms with Gasteiger partial charge in [0, 0.05) is 32.6 Å². The molecule has 1 amide bonds. The summed E-state index contributed by atoms with van der Waals surface area (Å²) in [5, 5.41) is 9.18.